The molecule has 2 bridgehead atoms. The van der Waals surface area contributed by atoms with Gasteiger partial charge in [0.1, 0.15) is 0 Å². The lowest BCUT2D eigenvalue weighted by molar-refractivity contribution is 0.0175. The van der Waals surface area contributed by atoms with Gasteiger partial charge in [-0.15, -0.1) is 0 Å². The third kappa shape index (κ3) is 1.20. The standard InChI is InChI=1S/C7H12BO2/c9-6-1-5-2-7(3-6)10-8-4-5/h5-7,9H,1-4H2. The van der Waals surface area contributed by atoms with E-state index < -0.39 is 0 Å². The van der Waals surface area contributed by atoms with Crippen LogP contribution in [0.4, 0.5) is 0 Å². The molecule has 1 saturated heterocycles. The lowest BCUT2D eigenvalue weighted by Gasteiger charge is -2.36. The van der Waals surface area contributed by atoms with Crippen molar-refractivity contribution in [1.29, 1.82) is 0 Å². The van der Waals surface area contributed by atoms with Crippen molar-refractivity contribution in [3.8, 4) is 0 Å². The van der Waals surface area contributed by atoms with Gasteiger partial charge in [-0.05, 0) is 31.5 Å². The minimum absolute atomic E-state index is 0.0996. The van der Waals surface area contributed by atoms with Crippen molar-refractivity contribution in [3.63, 3.8) is 0 Å². The Bertz CT molecular complexity index is 113. The molecule has 1 N–H and O–H groups in total. The highest BCUT2D eigenvalue weighted by Crippen LogP contribution is 2.32. The summed E-state index contributed by atoms with van der Waals surface area (Å²) in [6.07, 6.45) is 4.24. The van der Waals surface area contributed by atoms with Crippen molar-refractivity contribution in [1.82, 2.24) is 0 Å². The lowest BCUT2D eigenvalue weighted by atomic mass is 9.71. The van der Waals surface area contributed by atoms with Crippen molar-refractivity contribution in [2.24, 2.45) is 5.92 Å². The van der Waals surface area contributed by atoms with Gasteiger partial charge in [0.2, 0.25) is 0 Å². The smallest absolute Gasteiger partial charge is 0.293 e. The normalized spacial score (nSPS) is 46.3. The number of hydrogen-bond donors (Lipinski definition) is 1. The molecular formula is C7H12BO2. The molecule has 55 valence electrons. The van der Waals surface area contributed by atoms with Gasteiger partial charge >= 0.3 is 0 Å². The predicted octanol–water partition coefficient (Wildman–Crippen LogP) is 0.584. The fourth-order valence-electron chi connectivity index (χ4n) is 1.98. The summed E-state index contributed by atoms with van der Waals surface area (Å²) in [5.41, 5.74) is 0. The second-order valence-corrected chi connectivity index (χ2v) is 3.39. The van der Waals surface area contributed by atoms with Crippen molar-refractivity contribution in [3.05, 3.63) is 0 Å². The second-order valence-electron chi connectivity index (χ2n) is 3.39. The molecule has 3 atom stereocenters. The summed E-state index contributed by atoms with van der Waals surface area (Å²) in [6.45, 7) is 0. The molecule has 0 spiro atoms. The van der Waals surface area contributed by atoms with Crippen molar-refractivity contribution >= 4 is 7.48 Å². The third-order valence-corrected chi connectivity index (χ3v) is 2.45. The van der Waals surface area contributed by atoms with E-state index in [1.807, 2.05) is 7.48 Å². The van der Waals surface area contributed by atoms with Gasteiger partial charge < -0.3 is 9.76 Å². The molecule has 1 heterocycles. The number of hydrogen-bond acceptors (Lipinski definition) is 2. The Morgan fingerprint density at radius 3 is 3.00 bits per heavy atom. The molecule has 1 aliphatic carbocycles. The van der Waals surface area contributed by atoms with E-state index in [0.717, 1.165) is 25.6 Å². The first-order chi connectivity index (χ1) is 4.84. The summed E-state index contributed by atoms with van der Waals surface area (Å²) >= 11 is 0. The molecule has 0 aromatic rings. The molecule has 3 heteroatoms. The van der Waals surface area contributed by atoms with Crippen LogP contribution in [0, 0.1) is 5.92 Å². The summed E-state index contributed by atoms with van der Waals surface area (Å²) < 4.78 is 5.33. The monoisotopic (exact) mass is 139 g/mol. The lowest BCUT2D eigenvalue weighted by Crippen LogP contribution is -2.37. The number of rotatable bonds is 0. The molecule has 1 radical (unpaired) electrons. The zero-order valence-electron chi connectivity index (χ0n) is 5.99. The summed E-state index contributed by atoms with van der Waals surface area (Å²) in [7, 11) is 1.91. The molecule has 10 heavy (non-hydrogen) atoms. The second kappa shape index (κ2) is 2.55. The van der Waals surface area contributed by atoms with Gasteiger partial charge in [0.05, 0.1) is 6.10 Å². The van der Waals surface area contributed by atoms with E-state index in [9.17, 15) is 5.11 Å². The third-order valence-electron chi connectivity index (χ3n) is 2.45. The van der Waals surface area contributed by atoms with Gasteiger partial charge in [-0.25, -0.2) is 0 Å². The van der Waals surface area contributed by atoms with E-state index in [1.54, 1.807) is 0 Å². The van der Waals surface area contributed by atoms with Gasteiger partial charge in [0.15, 0.2) is 0 Å². The molecular weight excluding hydrogens is 127 g/mol. The van der Waals surface area contributed by atoms with Crippen LogP contribution in [-0.4, -0.2) is 24.8 Å². The molecule has 0 amide bonds. The van der Waals surface area contributed by atoms with Crippen LogP contribution in [0.2, 0.25) is 6.32 Å². The fourth-order valence-corrected chi connectivity index (χ4v) is 1.98. The molecule has 2 rings (SSSR count). The molecule has 0 aromatic carbocycles. The van der Waals surface area contributed by atoms with Gasteiger partial charge in [-0.1, -0.05) is 0 Å². The van der Waals surface area contributed by atoms with Crippen LogP contribution in [-0.2, 0) is 4.65 Å². The summed E-state index contributed by atoms with van der Waals surface area (Å²) in [5.74, 6) is 0.697. The molecule has 2 fully saturated rings. The van der Waals surface area contributed by atoms with E-state index in [0.29, 0.717) is 12.0 Å². The Hall–Kier alpha value is -0.0151. The van der Waals surface area contributed by atoms with E-state index in [4.69, 9.17) is 4.65 Å². The Balaban J connectivity index is 1.98. The Morgan fingerprint density at radius 2 is 2.20 bits per heavy atom. The Kier molecular flexibility index (Phi) is 1.70. The summed E-state index contributed by atoms with van der Waals surface area (Å²) in [5, 5.41) is 9.32. The van der Waals surface area contributed by atoms with E-state index in [-0.39, 0.29) is 6.10 Å². The van der Waals surface area contributed by atoms with Gasteiger partial charge in [-0.3, -0.25) is 0 Å². The van der Waals surface area contributed by atoms with Crippen LogP contribution in [0.15, 0.2) is 0 Å². The largest absolute Gasteiger partial charge is 0.438 e. The Morgan fingerprint density at radius 1 is 1.30 bits per heavy atom. The SMILES string of the molecule is OC1CC2C[B]OC(C1)C2. The topological polar surface area (TPSA) is 29.5 Å². The molecule has 2 nitrogen and oxygen atoms in total. The van der Waals surface area contributed by atoms with Crippen molar-refractivity contribution < 1.29 is 9.76 Å². The van der Waals surface area contributed by atoms with Crippen LogP contribution in [0.5, 0.6) is 0 Å². The number of aliphatic hydroxyl groups is 1. The Labute approximate surface area is 61.8 Å². The molecule has 2 aliphatic rings. The van der Waals surface area contributed by atoms with E-state index >= 15 is 0 Å². The van der Waals surface area contributed by atoms with Crippen LogP contribution < -0.4 is 0 Å². The predicted molar refractivity (Wildman–Crippen MR) is 38.8 cm³/mol. The maximum Gasteiger partial charge on any atom is 0.293 e. The summed E-state index contributed by atoms with van der Waals surface area (Å²) in [6, 6.07) is 0. The zero-order valence-corrected chi connectivity index (χ0v) is 5.99. The van der Waals surface area contributed by atoms with Crippen molar-refractivity contribution in [2.75, 3.05) is 0 Å². The first-order valence-electron chi connectivity index (χ1n) is 4.00. The maximum absolute atomic E-state index is 9.32. The van der Waals surface area contributed by atoms with Crippen LogP contribution >= 0.6 is 0 Å². The quantitative estimate of drug-likeness (QED) is 0.497. The average Bonchev–Trinajstić information content (AvgIpc) is 1.85. The van der Waals surface area contributed by atoms with Crippen LogP contribution in [0.3, 0.4) is 0 Å². The van der Waals surface area contributed by atoms with Crippen molar-refractivity contribution in [2.45, 2.75) is 37.8 Å². The molecule has 3 unspecified atom stereocenters. The van der Waals surface area contributed by atoms with Crippen LogP contribution in [0.1, 0.15) is 19.3 Å². The first-order valence-corrected chi connectivity index (χ1v) is 4.00. The van der Waals surface area contributed by atoms with Crippen LogP contribution in [0.25, 0.3) is 0 Å². The van der Waals surface area contributed by atoms with E-state index in [1.165, 1.54) is 0 Å². The van der Waals surface area contributed by atoms with Gasteiger partial charge in [-0.2, -0.15) is 0 Å². The highest BCUT2D eigenvalue weighted by molar-refractivity contribution is 6.27. The summed E-state index contributed by atoms with van der Waals surface area (Å²) in [4.78, 5) is 0. The average molecular weight is 139 g/mol. The van der Waals surface area contributed by atoms with Gasteiger partial charge in [0.25, 0.3) is 7.48 Å². The molecule has 1 aliphatic heterocycles. The molecule has 0 aromatic heterocycles. The fraction of sp³-hybridized carbons (Fsp3) is 1.00. The van der Waals surface area contributed by atoms with Gasteiger partial charge in [0, 0.05) is 6.10 Å². The highest BCUT2D eigenvalue weighted by atomic mass is 16.4. The molecule has 1 saturated carbocycles. The highest BCUT2D eigenvalue weighted by Gasteiger charge is 2.31. The maximum atomic E-state index is 9.32. The first kappa shape index (κ1) is 6.68. The number of aliphatic hydroxyl groups excluding tert-OH is 1. The minimum atomic E-state index is -0.0996. The van der Waals surface area contributed by atoms with E-state index in [2.05, 4.69) is 0 Å². The number of fused-ring (bicyclic) bond motifs is 2. The minimum Gasteiger partial charge on any atom is -0.438 e. The zero-order chi connectivity index (χ0) is 6.97.